The van der Waals surface area contributed by atoms with Gasteiger partial charge < -0.3 is 20.2 Å². The first kappa shape index (κ1) is 23.0. The van der Waals surface area contributed by atoms with Crippen LogP contribution in [-0.4, -0.2) is 65.1 Å². The number of benzene rings is 1. The summed E-state index contributed by atoms with van der Waals surface area (Å²) in [5.41, 5.74) is 2.19. The van der Waals surface area contributed by atoms with Gasteiger partial charge in [-0.05, 0) is 11.1 Å². The van der Waals surface area contributed by atoms with Gasteiger partial charge in [0.15, 0.2) is 0 Å². The maximum Gasteiger partial charge on any atom is 0.242 e. The van der Waals surface area contributed by atoms with Crippen molar-refractivity contribution < 1.29 is 9.90 Å². The molecule has 6 nitrogen and oxygen atoms in total. The molecular weight excluding hydrogens is 340 g/mol. The third-order valence-corrected chi connectivity index (χ3v) is 4.37. The van der Waals surface area contributed by atoms with Crippen LogP contribution in [-0.2, 0) is 17.9 Å². The van der Waals surface area contributed by atoms with Crippen molar-refractivity contribution in [2.45, 2.75) is 40.8 Å². The Morgan fingerprint density at radius 1 is 1.00 bits per heavy atom. The van der Waals surface area contributed by atoms with Crippen molar-refractivity contribution in [3.63, 3.8) is 0 Å². The molecule has 1 saturated heterocycles. The second-order valence-corrected chi connectivity index (χ2v) is 6.06. The van der Waals surface area contributed by atoms with Crippen LogP contribution in [0.15, 0.2) is 36.7 Å². The fourth-order valence-electron chi connectivity index (χ4n) is 2.93. The van der Waals surface area contributed by atoms with Crippen molar-refractivity contribution in [3.05, 3.63) is 47.8 Å². The number of hydrogen-bond acceptors (Lipinski definition) is 5. The Labute approximate surface area is 164 Å². The van der Waals surface area contributed by atoms with E-state index in [1.165, 1.54) is 5.56 Å². The van der Waals surface area contributed by atoms with Gasteiger partial charge in [0.2, 0.25) is 5.91 Å². The molecule has 2 aliphatic rings. The average Bonchev–Trinajstić information content (AvgIpc) is 3.25. The summed E-state index contributed by atoms with van der Waals surface area (Å²) < 4.78 is 0. The Hall–Kier alpha value is -2.05. The second-order valence-electron chi connectivity index (χ2n) is 6.06. The summed E-state index contributed by atoms with van der Waals surface area (Å²) >= 11 is 0. The molecule has 2 N–H and O–H groups in total. The number of carbonyl (C=O) groups is 1. The van der Waals surface area contributed by atoms with Crippen LogP contribution in [0.1, 0.15) is 38.8 Å². The SMILES string of the molecule is CC.CC.O=C(CN1C=CNC1)N1CCN(Cc2ccc(CO)cc2)CC1. The van der Waals surface area contributed by atoms with E-state index in [2.05, 4.69) is 22.3 Å². The molecule has 0 atom stereocenters. The summed E-state index contributed by atoms with van der Waals surface area (Å²) in [6, 6.07) is 8.06. The van der Waals surface area contributed by atoms with Crippen molar-refractivity contribution in [2.24, 2.45) is 0 Å². The normalized spacial score (nSPS) is 16.0. The summed E-state index contributed by atoms with van der Waals surface area (Å²) in [5.74, 6) is 0.199. The van der Waals surface area contributed by atoms with E-state index in [0.717, 1.165) is 45.0 Å². The van der Waals surface area contributed by atoms with E-state index in [1.54, 1.807) is 0 Å². The van der Waals surface area contributed by atoms with Gasteiger partial charge in [0, 0.05) is 45.1 Å². The lowest BCUT2D eigenvalue weighted by Gasteiger charge is -2.35. The van der Waals surface area contributed by atoms with Crippen LogP contribution in [0.5, 0.6) is 0 Å². The number of amides is 1. The van der Waals surface area contributed by atoms with Crippen LogP contribution >= 0.6 is 0 Å². The summed E-state index contributed by atoms with van der Waals surface area (Å²) in [6.45, 7) is 13.5. The van der Waals surface area contributed by atoms with Crippen LogP contribution < -0.4 is 5.32 Å². The van der Waals surface area contributed by atoms with Crippen LogP contribution in [0.25, 0.3) is 0 Å². The average molecular weight is 377 g/mol. The van der Waals surface area contributed by atoms with Crippen molar-refractivity contribution in [1.82, 2.24) is 20.0 Å². The lowest BCUT2D eigenvalue weighted by molar-refractivity contribution is -0.133. The standard InChI is InChI=1S/C17H24N4O2.2C2H6/c22-13-16-3-1-15(2-4-16)11-19-7-9-21(10-8-19)17(23)12-20-6-5-18-14-20;2*1-2/h1-6,18,22H,7-14H2;2*1-2H3. The van der Waals surface area contributed by atoms with E-state index in [0.29, 0.717) is 6.54 Å². The quantitative estimate of drug-likeness (QED) is 0.825. The molecular formula is C21H36N4O2. The van der Waals surface area contributed by atoms with Crippen molar-refractivity contribution >= 4 is 5.91 Å². The summed E-state index contributed by atoms with van der Waals surface area (Å²) in [5, 5.41) is 12.1. The predicted molar refractivity (Wildman–Crippen MR) is 111 cm³/mol. The number of nitrogens with one attached hydrogen (secondary N) is 1. The molecule has 3 rings (SSSR count). The molecule has 0 spiro atoms. The molecule has 2 heterocycles. The van der Waals surface area contributed by atoms with Gasteiger partial charge in [-0.3, -0.25) is 9.69 Å². The topological polar surface area (TPSA) is 59.1 Å². The molecule has 0 bridgehead atoms. The smallest absolute Gasteiger partial charge is 0.242 e. The molecule has 152 valence electrons. The number of nitrogens with zero attached hydrogens (tertiary/aromatic N) is 3. The number of rotatable bonds is 5. The Bertz CT molecular complexity index is 552. The molecule has 1 aromatic carbocycles. The molecule has 0 unspecified atom stereocenters. The lowest BCUT2D eigenvalue weighted by atomic mass is 10.1. The highest BCUT2D eigenvalue weighted by atomic mass is 16.3. The van der Waals surface area contributed by atoms with Crippen molar-refractivity contribution in [1.29, 1.82) is 0 Å². The van der Waals surface area contributed by atoms with Gasteiger partial charge in [0.25, 0.3) is 0 Å². The highest BCUT2D eigenvalue weighted by molar-refractivity contribution is 5.78. The Kier molecular flexibility index (Phi) is 11.2. The monoisotopic (exact) mass is 376 g/mol. The molecule has 27 heavy (non-hydrogen) atoms. The molecule has 1 fully saturated rings. The van der Waals surface area contributed by atoms with Crippen molar-refractivity contribution in [3.8, 4) is 0 Å². The third-order valence-electron chi connectivity index (χ3n) is 4.37. The van der Waals surface area contributed by atoms with E-state index in [9.17, 15) is 4.79 Å². The number of carbonyl (C=O) groups excluding carboxylic acids is 1. The molecule has 0 aliphatic carbocycles. The van der Waals surface area contributed by atoms with Gasteiger partial charge in [-0.2, -0.15) is 0 Å². The van der Waals surface area contributed by atoms with E-state index in [4.69, 9.17) is 5.11 Å². The van der Waals surface area contributed by atoms with Gasteiger partial charge in [-0.15, -0.1) is 0 Å². The van der Waals surface area contributed by atoms with Crippen LogP contribution in [0.2, 0.25) is 0 Å². The molecule has 1 aromatic rings. The first-order valence-electron chi connectivity index (χ1n) is 10.1. The van der Waals surface area contributed by atoms with Crippen molar-refractivity contribution in [2.75, 3.05) is 39.4 Å². The van der Waals surface area contributed by atoms with Crippen LogP contribution in [0.3, 0.4) is 0 Å². The number of aliphatic hydroxyl groups is 1. The Morgan fingerprint density at radius 3 is 2.11 bits per heavy atom. The predicted octanol–water partition coefficient (Wildman–Crippen LogP) is 2.21. The highest BCUT2D eigenvalue weighted by Gasteiger charge is 2.22. The number of hydrogen-bond donors (Lipinski definition) is 2. The Balaban J connectivity index is 0.000000855. The fraction of sp³-hybridized carbons (Fsp3) is 0.571. The highest BCUT2D eigenvalue weighted by Crippen LogP contribution is 2.11. The molecule has 1 amide bonds. The van der Waals surface area contributed by atoms with Gasteiger partial charge in [0.1, 0.15) is 0 Å². The van der Waals surface area contributed by atoms with E-state index < -0.39 is 0 Å². The number of piperazine rings is 1. The van der Waals surface area contributed by atoms with Gasteiger partial charge in [-0.25, -0.2) is 0 Å². The summed E-state index contributed by atoms with van der Waals surface area (Å²) in [4.78, 5) is 18.6. The third kappa shape index (κ3) is 7.61. The van der Waals surface area contributed by atoms with E-state index in [-0.39, 0.29) is 12.5 Å². The fourth-order valence-corrected chi connectivity index (χ4v) is 2.93. The van der Waals surface area contributed by atoms with Gasteiger partial charge in [0.05, 0.1) is 19.8 Å². The molecule has 0 saturated carbocycles. The second kappa shape index (κ2) is 13.2. The minimum absolute atomic E-state index is 0.0861. The zero-order valence-electron chi connectivity index (χ0n) is 17.3. The minimum Gasteiger partial charge on any atom is -0.392 e. The maximum absolute atomic E-state index is 12.3. The summed E-state index contributed by atoms with van der Waals surface area (Å²) in [7, 11) is 0. The number of aliphatic hydroxyl groups excluding tert-OH is 1. The van der Waals surface area contributed by atoms with Gasteiger partial charge in [-0.1, -0.05) is 52.0 Å². The van der Waals surface area contributed by atoms with E-state index >= 15 is 0 Å². The van der Waals surface area contributed by atoms with Crippen LogP contribution in [0.4, 0.5) is 0 Å². The summed E-state index contributed by atoms with van der Waals surface area (Å²) in [6.07, 6.45) is 3.79. The molecule has 2 aliphatic heterocycles. The molecule has 6 heteroatoms. The minimum atomic E-state index is 0.0861. The Morgan fingerprint density at radius 2 is 1.59 bits per heavy atom. The first-order chi connectivity index (χ1) is 13.2. The largest absolute Gasteiger partial charge is 0.392 e. The molecule has 0 radical (unpaired) electrons. The molecule has 0 aromatic heterocycles. The van der Waals surface area contributed by atoms with E-state index in [1.807, 2.05) is 62.0 Å². The van der Waals surface area contributed by atoms with Gasteiger partial charge >= 0.3 is 0 Å². The maximum atomic E-state index is 12.3. The lowest BCUT2D eigenvalue weighted by Crippen LogP contribution is -2.50. The van der Waals surface area contributed by atoms with Crippen LogP contribution in [0, 0.1) is 0 Å². The zero-order chi connectivity index (χ0) is 20.1. The zero-order valence-corrected chi connectivity index (χ0v) is 17.3. The first-order valence-corrected chi connectivity index (χ1v) is 10.1.